The van der Waals surface area contributed by atoms with Crippen molar-refractivity contribution in [3.63, 3.8) is 0 Å². The Morgan fingerprint density at radius 2 is 1.58 bits per heavy atom. The quantitative estimate of drug-likeness (QED) is 0.875. The molecule has 0 radical (unpaired) electrons. The van der Waals surface area contributed by atoms with E-state index in [1.54, 1.807) is 12.1 Å². The van der Waals surface area contributed by atoms with Crippen molar-refractivity contribution in [1.29, 1.82) is 0 Å². The van der Waals surface area contributed by atoms with E-state index in [1.165, 1.54) is 16.4 Å². The van der Waals surface area contributed by atoms with E-state index in [9.17, 15) is 13.2 Å². The number of sulfonamides is 1. The van der Waals surface area contributed by atoms with Gasteiger partial charge in [0.05, 0.1) is 10.9 Å². The molecule has 1 aliphatic rings. The summed E-state index contributed by atoms with van der Waals surface area (Å²) < 4.78 is 26.8. The molecular weight excluding hydrogens is 348 g/mol. The van der Waals surface area contributed by atoms with E-state index in [-0.39, 0.29) is 16.8 Å². The summed E-state index contributed by atoms with van der Waals surface area (Å²) in [5, 5.41) is 2.94. The highest BCUT2D eigenvalue weighted by atomic mass is 32.2. The molecule has 6 heteroatoms. The van der Waals surface area contributed by atoms with Gasteiger partial charge in [0.2, 0.25) is 10.0 Å². The van der Waals surface area contributed by atoms with Gasteiger partial charge in [-0.3, -0.25) is 4.79 Å². The van der Waals surface area contributed by atoms with Crippen molar-refractivity contribution in [3.8, 4) is 0 Å². The van der Waals surface area contributed by atoms with Crippen LogP contribution in [0, 0.1) is 0 Å². The third kappa shape index (κ3) is 4.14. The number of nitrogens with zero attached hydrogens (tertiary/aromatic N) is 1. The van der Waals surface area contributed by atoms with Gasteiger partial charge < -0.3 is 5.32 Å². The molecule has 1 N–H and O–H groups in total. The smallest absolute Gasteiger partial charge is 0.251 e. The Kier molecular flexibility index (Phi) is 5.74. The summed E-state index contributed by atoms with van der Waals surface area (Å²) in [6, 6.07) is 15.8. The average molecular weight is 372 g/mol. The van der Waals surface area contributed by atoms with Crippen molar-refractivity contribution >= 4 is 15.9 Å². The Balaban J connectivity index is 1.70. The number of carbonyl (C=O) groups excluding carboxylic acids is 1. The molecule has 1 amide bonds. The number of carbonyl (C=O) groups is 1. The second-order valence-electron chi connectivity index (χ2n) is 6.59. The number of amides is 1. The van der Waals surface area contributed by atoms with Crippen LogP contribution in [0.1, 0.15) is 48.1 Å². The molecule has 0 saturated carbocycles. The molecule has 26 heavy (non-hydrogen) atoms. The Bertz CT molecular complexity index is 842. The number of benzene rings is 2. The monoisotopic (exact) mass is 372 g/mol. The van der Waals surface area contributed by atoms with Gasteiger partial charge >= 0.3 is 0 Å². The molecule has 3 rings (SSSR count). The first-order valence-electron chi connectivity index (χ1n) is 8.94. The second-order valence-corrected chi connectivity index (χ2v) is 8.53. The van der Waals surface area contributed by atoms with Crippen LogP contribution in [0.4, 0.5) is 0 Å². The Labute approximate surface area is 155 Å². The molecular formula is C20H24N2O3S. The van der Waals surface area contributed by atoms with E-state index in [1.807, 2.05) is 37.3 Å². The van der Waals surface area contributed by atoms with E-state index in [0.29, 0.717) is 18.7 Å². The lowest BCUT2D eigenvalue weighted by Gasteiger charge is -2.25. The maximum absolute atomic E-state index is 12.7. The molecule has 5 nitrogen and oxygen atoms in total. The first-order chi connectivity index (χ1) is 12.5. The molecule has 2 aromatic carbocycles. The molecule has 1 aliphatic heterocycles. The van der Waals surface area contributed by atoms with Crippen LogP contribution in [-0.4, -0.2) is 31.7 Å². The van der Waals surface area contributed by atoms with E-state index < -0.39 is 10.0 Å². The summed E-state index contributed by atoms with van der Waals surface area (Å²) in [6.45, 7) is 3.06. The van der Waals surface area contributed by atoms with Crippen LogP contribution in [-0.2, 0) is 10.0 Å². The van der Waals surface area contributed by atoms with Gasteiger partial charge in [0, 0.05) is 18.7 Å². The molecule has 1 atom stereocenters. The predicted molar refractivity (Wildman–Crippen MR) is 101 cm³/mol. The summed E-state index contributed by atoms with van der Waals surface area (Å²) in [4.78, 5) is 12.7. The summed E-state index contributed by atoms with van der Waals surface area (Å²) in [6.07, 6.45) is 2.87. The largest absolute Gasteiger partial charge is 0.346 e. The molecule has 0 spiro atoms. The highest BCUT2D eigenvalue weighted by Crippen LogP contribution is 2.21. The third-order valence-electron chi connectivity index (χ3n) is 4.72. The maximum atomic E-state index is 12.7. The van der Waals surface area contributed by atoms with Crippen molar-refractivity contribution in [1.82, 2.24) is 9.62 Å². The minimum Gasteiger partial charge on any atom is -0.346 e. The first-order valence-corrected chi connectivity index (χ1v) is 10.4. The van der Waals surface area contributed by atoms with Crippen molar-refractivity contribution in [2.45, 2.75) is 37.1 Å². The predicted octanol–water partition coefficient (Wildman–Crippen LogP) is 3.35. The van der Waals surface area contributed by atoms with Crippen LogP contribution < -0.4 is 5.32 Å². The van der Waals surface area contributed by atoms with Crippen LogP contribution in [0.2, 0.25) is 0 Å². The fourth-order valence-electron chi connectivity index (χ4n) is 3.14. The standard InChI is InChI=1S/C20H24N2O3S/c1-16(17-8-4-2-5-9-17)21-20(23)18-10-12-19(13-11-18)26(24,25)22-14-6-3-7-15-22/h2,4-5,8-13,16H,3,6-7,14-15H2,1H3,(H,21,23). The maximum Gasteiger partial charge on any atom is 0.251 e. The topological polar surface area (TPSA) is 66.5 Å². The minimum absolute atomic E-state index is 0.125. The van der Waals surface area contributed by atoms with Crippen molar-refractivity contribution in [2.75, 3.05) is 13.1 Å². The zero-order valence-corrected chi connectivity index (χ0v) is 15.7. The number of rotatable bonds is 5. The normalized spacial score (nSPS) is 16.8. The van der Waals surface area contributed by atoms with E-state index in [0.717, 1.165) is 24.8 Å². The Morgan fingerprint density at radius 1 is 0.962 bits per heavy atom. The molecule has 1 saturated heterocycles. The van der Waals surface area contributed by atoms with Gasteiger partial charge in [0.1, 0.15) is 0 Å². The van der Waals surface area contributed by atoms with Crippen LogP contribution in [0.15, 0.2) is 59.5 Å². The summed E-state index contributed by atoms with van der Waals surface area (Å²) in [5.74, 6) is -0.219. The van der Waals surface area contributed by atoms with E-state index in [4.69, 9.17) is 0 Å². The highest BCUT2D eigenvalue weighted by Gasteiger charge is 2.26. The van der Waals surface area contributed by atoms with E-state index in [2.05, 4.69) is 5.32 Å². The van der Waals surface area contributed by atoms with Gasteiger partial charge in [-0.05, 0) is 49.6 Å². The molecule has 1 unspecified atom stereocenters. The molecule has 0 aliphatic carbocycles. The summed E-state index contributed by atoms with van der Waals surface area (Å²) in [5.41, 5.74) is 1.47. The summed E-state index contributed by atoms with van der Waals surface area (Å²) in [7, 11) is -3.47. The molecule has 1 fully saturated rings. The van der Waals surface area contributed by atoms with Crippen molar-refractivity contribution < 1.29 is 13.2 Å². The zero-order chi connectivity index (χ0) is 18.6. The van der Waals surface area contributed by atoms with Crippen molar-refractivity contribution in [2.24, 2.45) is 0 Å². The van der Waals surface area contributed by atoms with Crippen LogP contribution in [0.5, 0.6) is 0 Å². The fraction of sp³-hybridized carbons (Fsp3) is 0.350. The minimum atomic E-state index is -3.47. The lowest BCUT2D eigenvalue weighted by molar-refractivity contribution is 0.0940. The van der Waals surface area contributed by atoms with Gasteiger partial charge in [-0.25, -0.2) is 8.42 Å². The fourth-order valence-corrected chi connectivity index (χ4v) is 4.65. The second kappa shape index (κ2) is 8.01. The van der Waals surface area contributed by atoms with Gasteiger partial charge in [0.15, 0.2) is 0 Å². The third-order valence-corrected chi connectivity index (χ3v) is 6.63. The van der Waals surface area contributed by atoms with Gasteiger partial charge in [-0.15, -0.1) is 0 Å². The zero-order valence-electron chi connectivity index (χ0n) is 14.9. The van der Waals surface area contributed by atoms with Crippen LogP contribution >= 0.6 is 0 Å². The number of nitrogens with one attached hydrogen (secondary N) is 1. The molecule has 0 aromatic heterocycles. The first kappa shape index (κ1) is 18.6. The van der Waals surface area contributed by atoms with Gasteiger partial charge in [-0.2, -0.15) is 4.31 Å². The van der Waals surface area contributed by atoms with E-state index >= 15 is 0 Å². The SMILES string of the molecule is CC(NC(=O)c1ccc(S(=O)(=O)N2CCCCC2)cc1)c1ccccc1. The lowest BCUT2D eigenvalue weighted by Crippen LogP contribution is -2.35. The summed E-state index contributed by atoms with van der Waals surface area (Å²) >= 11 is 0. The Hall–Kier alpha value is -2.18. The van der Waals surface area contributed by atoms with Crippen LogP contribution in [0.3, 0.4) is 0 Å². The average Bonchev–Trinajstić information content (AvgIpc) is 2.69. The number of hydrogen-bond acceptors (Lipinski definition) is 3. The molecule has 0 bridgehead atoms. The molecule has 1 heterocycles. The molecule has 2 aromatic rings. The van der Waals surface area contributed by atoms with Crippen molar-refractivity contribution in [3.05, 3.63) is 65.7 Å². The Morgan fingerprint density at radius 3 is 2.19 bits per heavy atom. The van der Waals surface area contributed by atoms with Gasteiger partial charge in [-0.1, -0.05) is 36.8 Å². The number of piperidine rings is 1. The van der Waals surface area contributed by atoms with Gasteiger partial charge in [0.25, 0.3) is 5.91 Å². The highest BCUT2D eigenvalue weighted by molar-refractivity contribution is 7.89. The molecule has 138 valence electrons. The lowest BCUT2D eigenvalue weighted by atomic mass is 10.1. The number of hydrogen-bond donors (Lipinski definition) is 1. The van der Waals surface area contributed by atoms with Crippen LogP contribution in [0.25, 0.3) is 0 Å².